The molecule has 0 amide bonds. The molecule has 0 unspecified atom stereocenters. The third-order valence-corrected chi connectivity index (χ3v) is 9.11. The van der Waals surface area contributed by atoms with Gasteiger partial charge in [0.15, 0.2) is 24.0 Å². The number of carbonyl (C=O) groups excluding carboxylic acids is 4. The fourth-order valence-electron chi connectivity index (χ4n) is 6.49. The largest absolute Gasteiger partial charge is 0.458 e. The molecule has 0 radical (unpaired) electrons. The van der Waals surface area contributed by atoms with Crippen LogP contribution in [-0.2, 0) is 42.9 Å². The van der Waals surface area contributed by atoms with Crippen molar-refractivity contribution in [2.45, 2.75) is 123 Å². The van der Waals surface area contributed by atoms with Crippen LogP contribution in [-0.4, -0.2) is 109 Å². The molecule has 14 heteroatoms. The summed E-state index contributed by atoms with van der Waals surface area (Å²) in [6.07, 6.45) is -2.53. The van der Waals surface area contributed by atoms with E-state index in [0.717, 1.165) is 0 Å². The minimum Gasteiger partial charge on any atom is -0.458 e. The van der Waals surface area contributed by atoms with Gasteiger partial charge in [0.05, 0.1) is 30.4 Å². The van der Waals surface area contributed by atoms with Gasteiger partial charge in [0, 0.05) is 36.4 Å². The molecule has 0 aliphatic carbocycles. The summed E-state index contributed by atoms with van der Waals surface area (Å²) in [5.74, 6) is -5.39. The summed E-state index contributed by atoms with van der Waals surface area (Å²) in [7, 11) is 5.13. The highest BCUT2D eigenvalue weighted by Gasteiger charge is 2.50. The SMILES string of the molecule is CC[C@H]1OC(=O)[C@H](C)C(=O)[C@H](C)[C@@H](O[C@@H]2O[C@H](C)C[C@H](N(C)C)[C@H]2OC(C)=O)[C@@](C)(OC)C[C@@H](C)C(=O)/C(CN=[N+]=[N-])=C/[C@]1(C)O. The number of azide groups is 1. The molecule has 1 saturated heterocycles. The molecule has 260 valence electrons. The number of likely N-dealkylation sites (N-methyl/N-ethyl adjacent to an activating group) is 1. The van der Waals surface area contributed by atoms with Crippen molar-refractivity contribution in [2.75, 3.05) is 27.7 Å². The van der Waals surface area contributed by atoms with E-state index in [4.69, 9.17) is 29.2 Å². The molecule has 2 heterocycles. The van der Waals surface area contributed by atoms with E-state index in [-0.39, 0.29) is 37.1 Å². The summed E-state index contributed by atoms with van der Waals surface area (Å²) in [4.78, 5) is 58.1. The van der Waals surface area contributed by atoms with Gasteiger partial charge in [0.2, 0.25) is 0 Å². The first-order valence-electron chi connectivity index (χ1n) is 15.8. The van der Waals surface area contributed by atoms with Crippen LogP contribution in [0.4, 0.5) is 0 Å². The van der Waals surface area contributed by atoms with E-state index in [9.17, 15) is 24.3 Å². The monoisotopic (exact) mass is 652 g/mol. The summed E-state index contributed by atoms with van der Waals surface area (Å²) in [6, 6.07) is -0.280. The van der Waals surface area contributed by atoms with Gasteiger partial charge in [0.25, 0.3) is 0 Å². The Morgan fingerprint density at radius 3 is 2.35 bits per heavy atom. The van der Waals surface area contributed by atoms with Crippen LogP contribution in [0.25, 0.3) is 10.4 Å². The van der Waals surface area contributed by atoms with Gasteiger partial charge >= 0.3 is 11.9 Å². The van der Waals surface area contributed by atoms with Crippen LogP contribution in [0.15, 0.2) is 16.8 Å². The van der Waals surface area contributed by atoms with Gasteiger partial charge in [-0.2, -0.15) is 0 Å². The topological polar surface area (TPSA) is 187 Å². The van der Waals surface area contributed by atoms with E-state index in [0.29, 0.717) is 6.42 Å². The zero-order valence-electron chi connectivity index (χ0n) is 29.0. The average molecular weight is 653 g/mol. The Morgan fingerprint density at radius 2 is 1.83 bits per heavy atom. The Balaban J connectivity index is 2.75. The van der Waals surface area contributed by atoms with Crippen molar-refractivity contribution >= 4 is 23.5 Å². The number of ketones is 2. The van der Waals surface area contributed by atoms with Gasteiger partial charge in [-0.1, -0.05) is 25.9 Å². The van der Waals surface area contributed by atoms with Crippen molar-refractivity contribution in [1.82, 2.24) is 4.90 Å². The lowest BCUT2D eigenvalue weighted by Crippen LogP contribution is -2.60. The van der Waals surface area contributed by atoms with E-state index < -0.39 is 77.1 Å². The van der Waals surface area contributed by atoms with Crippen LogP contribution in [0.1, 0.15) is 74.7 Å². The number of carbonyl (C=O) groups is 4. The molecule has 0 aromatic rings. The predicted molar refractivity (Wildman–Crippen MR) is 167 cm³/mol. The zero-order chi connectivity index (χ0) is 35.1. The normalized spacial score (nSPS) is 39.5. The van der Waals surface area contributed by atoms with Gasteiger partial charge in [-0.15, -0.1) is 0 Å². The number of aliphatic hydroxyl groups is 1. The Bertz CT molecular complexity index is 1200. The number of ether oxygens (including phenoxy) is 5. The van der Waals surface area contributed by atoms with Crippen molar-refractivity contribution in [3.63, 3.8) is 0 Å². The third-order valence-electron chi connectivity index (χ3n) is 9.11. The minimum absolute atomic E-state index is 0.0218. The van der Waals surface area contributed by atoms with Crippen LogP contribution >= 0.6 is 0 Å². The molecule has 0 aromatic heterocycles. The molecule has 2 aliphatic rings. The molecular formula is C32H52N4O10. The number of methoxy groups -OCH3 is 1. The molecule has 1 N–H and O–H groups in total. The van der Waals surface area contributed by atoms with Crippen molar-refractivity contribution in [3.05, 3.63) is 22.1 Å². The van der Waals surface area contributed by atoms with E-state index in [2.05, 4.69) is 10.0 Å². The smallest absolute Gasteiger partial charge is 0.316 e. The molecule has 1 fully saturated rings. The number of hydrogen-bond donors (Lipinski definition) is 1. The zero-order valence-corrected chi connectivity index (χ0v) is 29.0. The molecular weight excluding hydrogens is 600 g/mol. The Hall–Kier alpha value is -2.87. The summed E-state index contributed by atoms with van der Waals surface area (Å²) < 4.78 is 30.2. The van der Waals surface area contributed by atoms with Crippen molar-refractivity contribution in [2.24, 2.45) is 22.9 Å². The predicted octanol–water partition coefficient (Wildman–Crippen LogP) is 3.53. The summed E-state index contributed by atoms with van der Waals surface area (Å²) >= 11 is 0. The fourth-order valence-corrected chi connectivity index (χ4v) is 6.49. The standard InChI is InChI=1S/C32H52N4O10/c1-12-24-31(7,41)15-22(16-34-35-33)25(38)17(2)14-32(8,42-11)28(19(4)26(39)20(5)29(40)45-24)46-30-27(44-21(6)37)23(36(9)10)13-18(3)43-30/h15,17-20,23-24,27-28,30,41H,12-14,16H2,1-11H3/b22-15+/t17-,18-,19+,20-,23+,24-,27-,28-,30+,31+,32+/m1/s1. The number of esters is 2. The molecule has 0 saturated carbocycles. The van der Waals surface area contributed by atoms with E-state index in [1.807, 2.05) is 25.9 Å². The van der Waals surface area contributed by atoms with Crippen molar-refractivity contribution in [1.29, 1.82) is 0 Å². The van der Waals surface area contributed by atoms with Gasteiger partial charge < -0.3 is 33.7 Å². The maximum atomic E-state index is 14.0. The number of hydrogen-bond acceptors (Lipinski definition) is 12. The highest BCUT2D eigenvalue weighted by atomic mass is 16.7. The first kappa shape index (κ1) is 39.3. The lowest BCUT2D eigenvalue weighted by atomic mass is 9.76. The van der Waals surface area contributed by atoms with Crippen LogP contribution in [0, 0.1) is 17.8 Å². The van der Waals surface area contributed by atoms with Gasteiger partial charge in [-0.3, -0.25) is 19.2 Å². The molecule has 46 heavy (non-hydrogen) atoms. The van der Waals surface area contributed by atoms with E-state index in [1.54, 1.807) is 27.7 Å². The second-order valence-corrected chi connectivity index (χ2v) is 13.2. The van der Waals surface area contributed by atoms with Crippen molar-refractivity contribution in [3.8, 4) is 0 Å². The molecule has 0 bridgehead atoms. The summed E-state index contributed by atoms with van der Waals surface area (Å²) in [6.45, 7) is 12.3. The fraction of sp³-hybridized carbons (Fsp3) is 0.812. The quantitative estimate of drug-likeness (QED) is 0.133. The Morgan fingerprint density at radius 1 is 1.20 bits per heavy atom. The van der Waals surface area contributed by atoms with E-state index in [1.165, 1.54) is 34.0 Å². The van der Waals surface area contributed by atoms with Crippen molar-refractivity contribution < 1.29 is 48.0 Å². The number of Topliss-reactive ketones (excluding diaryl/α,β-unsaturated/α-hetero) is 2. The minimum atomic E-state index is -1.82. The second kappa shape index (κ2) is 16.3. The van der Waals surface area contributed by atoms with Crippen LogP contribution in [0.3, 0.4) is 0 Å². The Kier molecular flexibility index (Phi) is 13.9. The highest BCUT2D eigenvalue weighted by molar-refractivity contribution is 6.00. The molecule has 0 aromatic carbocycles. The maximum Gasteiger partial charge on any atom is 0.316 e. The Labute approximate surface area is 271 Å². The molecule has 0 spiro atoms. The summed E-state index contributed by atoms with van der Waals surface area (Å²) in [5.41, 5.74) is 5.88. The highest BCUT2D eigenvalue weighted by Crippen LogP contribution is 2.38. The van der Waals surface area contributed by atoms with Gasteiger partial charge in [-0.25, -0.2) is 0 Å². The number of cyclic esters (lactones) is 1. The first-order chi connectivity index (χ1) is 21.3. The molecule has 2 rings (SSSR count). The lowest BCUT2D eigenvalue weighted by Gasteiger charge is -2.47. The van der Waals surface area contributed by atoms with Crippen LogP contribution in [0.2, 0.25) is 0 Å². The van der Waals surface area contributed by atoms with Crippen LogP contribution in [0.5, 0.6) is 0 Å². The third kappa shape index (κ3) is 9.36. The van der Waals surface area contributed by atoms with Gasteiger partial charge in [0.1, 0.15) is 17.6 Å². The molecule has 2 aliphatic heterocycles. The maximum absolute atomic E-state index is 14.0. The van der Waals surface area contributed by atoms with Gasteiger partial charge in [-0.05, 0) is 72.7 Å². The molecule has 11 atom stereocenters. The van der Waals surface area contributed by atoms with Crippen LogP contribution < -0.4 is 0 Å². The van der Waals surface area contributed by atoms with E-state index >= 15 is 0 Å². The second-order valence-electron chi connectivity index (χ2n) is 13.2. The average Bonchev–Trinajstić information content (AvgIpc) is 2.98. The summed E-state index contributed by atoms with van der Waals surface area (Å²) in [5, 5.41) is 14.9. The first-order valence-corrected chi connectivity index (χ1v) is 15.8. The lowest BCUT2D eigenvalue weighted by molar-refractivity contribution is -0.297. The number of nitrogens with zero attached hydrogens (tertiary/aromatic N) is 4. The number of rotatable bonds is 8. The molecule has 14 nitrogen and oxygen atoms in total.